The number of carbonyl (C=O) groups excluding carboxylic acids is 1. The molecular formula is C9H11N2O2S. The van der Waals surface area contributed by atoms with Gasteiger partial charge in [-0.05, 0) is 17.7 Å². The lowest BCUT2D eigenvalue weighted by Crippen LogP contribution is -2.13. The number of benzene rings is 1. The van der Waals surface area contributed by atoms with E-state index in [9.17, 15) is 9.35 Å². The Balaban J connectivity index is 2.83. The number of hydrogen-bond donors (Lipinski definition) is 2. The molecule has 14 heavy (non-hydrogen) atoms. The lowest BCUT2D eigenvalue weighted by Gasteiger charge is -2.09. The van der Waals surface area contributed by atoms with Gasteiger partial charge in [-0.3, -0.25) is 4.79 Å². The highest BCUT2D eigenvalue weighted by atomic mass is 32.2. The summed E-state index contributed by atoms with van der Waals surface area (Å²) < 4.78 is 13.6. The molecule has 0 saturated carbocycles. The number of anilines is 1. The SMILES string of the molecule is C[S+]([O-])Nc1cccc([C@@H](N)[C]=O)c1. The van der Waals surface area contributed by atoms with Crippen LogP contribution >= 0.6 is 0 Å². The van der Waals surface area contributed by atoms with Crippen molar-refractivity contribution in [3.63, 3.8) is 0 Å². The largest absolute Gasteiger partial charge is 0.593 e. The topological polar surface area (TPSA) is 78.2 Å². The van der Waals surface area contributed by atoms with E-state index in [0.717, 1.165) is 0 Å². The molecule has 5 heteroatoms. The van der Waals surface area contributed by atoms with Gasteiger partial charge in [0.25, 0.3) is 0 Å². The maximum absolute atomic E-state index is 10.9. The molecule has 0 aliphatic heterocycles. The minimum Gasteiger partial charge on any atom is -0.593 e. The summed E-state index contributed by atoms with van der Waals surface area (Å²) in [5, 5.41) is 0. The Morgan fingerprint density at radius 3 is 2.93 bits per heavy atom. The van der Waals surface area contributed by atoms with Crippen LogP contribution in [0.15, 0.2) is 24.3 Å². The first-order valence-corrected chi connectivity index (χ1v) is 5.52. The Bertz CT molecular complexity index is 317. The van der Waals surface area contributed by atoms with Crippen LogP contribution in [0.4, 0.5) is 5.69 Å². The van der Waals surface area contributed by atoms with Gasteiger partial charge < -0.3 is 10.3 Å². The van der Waals surface area contributed by atoms with Crippen molar-refractivity contribution in [2.24, 2.45) is 5.73 Å². The minimum atomic E-state index is -1.13. The van der Waals surface area contributed by atoms with Gasteiger partial charge in [-0.2, -0.15) is 0 Å². The van der Waals surface area contributed by atoms with Gasteiger partial charge in [0.2, 0.25) is 6.29 Å². The number of rotatable bonds is 4. The fourth-order valence-electron chi connectivity index (χ4n) is 1.03. The summed E-state index contributed by atoms with van der Waals surface area (Å²) in [6, 6.07) is 6.14. The number of nitrogens with one attached hydrogen (secondary N) is 1. The Kier molecular flexibility index (Phi) is 3.94. The molecule has 4 nitrogen and oxygen atoms in total. The third-order valence-corrected chi connectivity index (χ3v) is 2.16. The van der Waals surface area contributed by atoms with Crippen LogP contribution < -0.4 is 10.5 Å². The van der Waals surface area contributed by atoms with Gasteiger partial charge in [-0.25, -0.2) is 4.72 Å². The van der Waals surface area contributed by atoms with E-state index >= 15 is 0 Å². The summed E-state index contributed by atoms with van der Waals surface area (Å²) in [6.45, 7) is 0. The van der Waals surface area contributed by atoms with Crippen molar-refractivity contribution >= 4 is 23.3 Å². The zero-order valence-electron chi connectivity index (χ0n) is 7.69. The number of hydrogen-bond acceptors (Lipinski definition) is 4. The second kappa shape index (κ2) is 4.99. The highest BCUT2D eigenvalue weighted by Crippen LogP contribution is 2.15. The van der Waals surface area contributed by atoms with E-state index in [4.69, 9.17) is 5.73 Å². The monoisotopic (exact) mass is 211 g/mol. The van der Waals surface area contributed by atoms with E-state index in [-0.39, 0.29) is 0 Å². The fraction of sp³-hybridized carbons (Fsp3) is 0.222. The maximum atomic E-state index is 10.9. The predicted molar refractivity (Wildman–Crippen MR) is 56.8 cm³/mol. The molecule has 0 heterocycles. The van der Waals surface area contributed by atoms with Crippen LogP contribution in [-0.4, -0.2) is 17.1 Å². The van der Waals surface area contributed by atoms with Gasteiger partial charge >= 0.3 is 0 Å². The van der Waals surface area contributed by atoms with Crippen LogP contribution in [-0.2, 0) is 16.2 Å². The highest BCUT2D eigenvalue weighted by molar-refractivity contribution is 7.92. The molecule has 0 aliphatic rings. The Labute approximate surface area is 85.8 Å². The van der Waals surface area contributed by atoms with Crippen LogP contribution in [0.1, 0.15) is 11.6 Å². The lowest BCUT2D eigenvalue weighted by molar-refractivity contribution is 0.544. The van der Waals surface area contributed by atoms with Crippen molar-refractivity contribution < 1.29 is 9.35 Å². The molecule has 3 N–H and O–H groups in total. The average Bonchev–Trinajstić information content (AvgIpc) is 2.16. The third-order valence-electron chi connectivity index (χ3n) is 1.63. The van der Waals surface area contributed by atoms with Crippen LogP contribution in [0.3, 0.4) is 0 Å². The van der Waals surface area contributed by atoms with Crippen LogP contribution in [0.5, 0.6) is 0 Å². The van der Waals surface area contributed by atoms with Crippen LogP contribution in [0, 0.1) is 0 Å². The second-order valence-corrected chi connectivity index (χ2v) is 3.89. The third kappa shape index (κ3) is 3.02. The molecule has 0 aromatic heterocycles. The summed E-state index contributed by atoms with van der Waals surface area (Å²) in [5.74, 6) is 0. The van der Waals surface area contributed by atoms with Crippen molar-refractivity contribution in [1.82, 2.24) is 0 Å². The van der Waals surface area contributed by atoms with Crippen molar-refractivity contribution in [3.05, 3.63) is 29.8 Å². The second-order valence-electron chi connectivity index (χ2n) is 2.78. The molecular weight excluding hydrogens is 200 g/mol. The van der Waals surface area contributed by atoms with Gasteiger partial charge in [0.1, 0.15) is 6.26 Å². The van der Waals surface area contributed by atoms with Crippen molar-refractivity contribution in [2.75, 3.05) is 11.0 Å². The van der Waals surface area contributed by atoms with Gasteiger partial charge in [-0.15, -0.1) is 0 Å². The first-order valence-electron chi connectivity index (χ1n) is 3.97. The molecule has 0 fully saturated rings. The van der Waals surface area contributed by atoms with Gasteiger partial charge in [0, 0.05) is 0 Å². The summed E-state index contributed by atoms with van der Waals surface area (Å²) in [5.41, 5.74) is 6.79. The Hall–Kier alpha value is -1.04. The molecule has 1 unspecified atom stereocenters. The van der Waals surface area contributed by atoms with Crippen molar-refractivity contribution in [1.29, 1.82) is 0 Å². The number of nitrogens with two attached hydrogens (primary N) is 1. The van der Waals surface area contributed by atoms with Gasteiger partial charge in [0.15, 0.2) is 0 Å². The van der Waals surface area contributed by atoms with Crippen LogP contribution in [0.2, 0.25) is 0 Å². The molecule has 0 spiro atoms. The molecule has 0 amide bonds. The van der Waals surface area contributed by atoms with Crippen molar-refractivity contribution in [3.8, 4) is 0 Å². The fourth-order valence-corrected chi connectivity index (χ4v) is 1.49. The molecule has 2 atom stereocenters. The van der Waals surface area contributed by atoms with E-state index in [1.807, 2.05) is 0 Å². The van der Waals surface area contributed by atoms with Gasteiger partial charge in [-0.1, -0.05) is 12.1 Å². The quantitative estimate of drug-likeness (QED) is 0.711. The smallest absolute Gasteiger partial charge is 0.221 e. The molecule has 1 aromatic carbocycles. The van der Waals surface area contributed by atoms with E-state index < -0.39 is 17.4 Å². The van der Waals surface area contributed by atoms with Crippen LogP contribution in [0.25, 0.3) is 0 Å². The van der Waals surface area contributed by atoms with E-state index in [0.29, 0.717) is 11.3 Å². The molecule has 1 rings (SSSR count). The average molecular weight is 211 g/mol. The minimum absolute atomic E-state index is 0.649. The maximum Gasteiger partial charge on any atom is 0.221 e. The summed E-state index contributed by atoms with van der Waals surface area (Å²) in [7, 11) is 0. The molecule has 75 valence electrons. The summed E-state index contributed by atoms with van der Waals surface area (Å²) >= 11 is -1.13. The summed E-state index contributed by atoms with van der Waals surface area (Å²) in [6.07, 6.45) is 3.21. The predicted octanol–water partition coefficient (Wildman–Crippen LogP) is 0.501. The lowest BCUT2D eigenvalue weighted by atomic mass is 10.1. The molecule has 0 aliphatic carbocycles. The first kappa shape index (κ1) is 11.0. The molecule has 1 aromatic rings. The molecule has 0 bridgehead atoms. The Morgan fingerprint density at radius 1 is 1.64 bits per heavy atom. The van der Waals surface area contributed by atoms with E-state index in [2.05, 4.69) is 4.72 Å². The molecule has 1 radical (unpaired) electrons. The van der Waals surface area contributed by atoms with Gasteiger partial charge in [0.05, 0.1) is 23.1 Å². The van der Waals surface area contributed by atoms with Crippen molar-refractivity contribution in [2.45, 2.75) is 6.04 Å². The zero-order valence-corrected chi connectivity index (χ0v) is 8.51. The van der Waals surface area contributed by atoms with E-state index in [1.54, 1.807) is 30.6 Å². The Morgan fingerprint density at radius 2 is 2.36 bits per heavy atom. The standard InChI is InChI=1S/C9H11N2O2S/c1-14(13)11-8-4-2-3-7(5-8)9(10)6-12/h2-5,9,11H,10H2,1H3/t9-,14?/m0/s1. The zero-order chi connectivity index (χ0) is 10.6. The molecule has 0 saturated heterocycles. The van der Waals surface area contributed by atoms with E-state index in [1.165, 1.54) is 6.26 Å². The first-order chi connectivity index (χ1) is 6.63. The summed E-state index contributed by atoms with van der Waals surface area (Å²) in [4.78, 5) is 10.3. The normalized spacial score (nSPS) is 14.5. The highest BCUT2D eigenvalue weighted by Gasteiger charge is 2.06.